The lowest BCUT2D eigenvalue weighted by Crippen LogP contribution is -2.01. The molecule has 0 aliphatic carbocycles. The monoisotopic (exact) mass is 165 g/mol. The van der Waals surface area contributed by atoms with Crippen molar-refractivity contribution >= 4 is 10.9 Å². The number of benzene rings is 1. The molecule has 3 N–H and O–H groups in total. The average Bonchev–Trinajstić information content (AvgIpc) is 2.71. The second-order valence-corrected chi connectivity index (χ2v) is 2.56. The zero-order valence-electron chi connectivity index (χ0n) is 11.4. The highest BCUT2D eigenvalue weighted by molar-refractivity contribution is 5.82. The summed E-state index contributed by atoms with van der Waals surface area (Å²) in [6, 6.07) is 7.27. The number of aryl methyl sites for hydroxylation is 1. The van der Waals surface area contributed by atoms with Crippen LogP contribution >= 0.6 is 0 Å². The first-order valence-corrected chi connectivity index (χ1v) is 3.71. The molecule has 1 heterocycles. The van der Waals surface area contributed by atoms with Crippen LogP contribution in [0, 0.1) is 0 Å². The number of nitrogens with two attached hydrogens (primary N) is 1. The molecule has 0 aliphatic heterocycles. The molecule has 0 bridgehead atoms. The Labute approximate surface area is 78.5 Å². The van der Waals surface area contributed by atoms with E-state index >= 15 is 0 Å². The Morgan fingerprint density at radius 3 is 3.33 bits per heavy atom. The Kier molecular flexibility index (Phi) is 0.903. The third kappa shape index (κ3) is 1.10. The van der Waals surface area contributed by atoms with Gasteiger partial charge in [-0.3, -0.25) is 0 Å². The lowest BCUT2D eigenvalue weighted by Gasteiger charge is -1.93. The van der Waals surface area contributed by atoms with Crippen molar-refractivity contribution in [3.8, 4) is 0 Å². The topological polar surface area (TPSA) is 41.8 Å². The molecule has 0 fully saturated rings. The van der Waals surface area contributed by atoms with Gasteiger partial charge in [0.1, 0.15) is 2.82 Å². The number of fused-ring (bicyclic) bond motifs is 1. The van der Waals surface area contributed by atoms with E-state index in [2.05, 4.69) is 4.98 Å². The van der Waals surface area contributed by atoms with Crippen molar-refractivity contribution in [3.63, 3.8) is 0 Å². The summed E-state index contributed by atoms with van der Waals surface area (Å²) < 4.78 is 37.0. The summed E-state index contributed by atoms with van der Waals surface area (Å²) in [6.45, 7) is -2.36. The van der Waals surface area contributed by atoms with E-state index in [9.17, 15) is 0 Å². The van der Waals surface area contributed by atoms with Gasteiger partial charge in [-0.15, -0.1) is 0 Å². The number of H-pyrrole nitrogens is 1. The fourth-order valence-electron chi connectivity index (χ4n) is 1.28. The van der Waals surface area contributed by atoms with Crippen molar-refractivity contribution in [2.75, 3.05) is 6.50 Å². The minimum absolute atomic E-state index is 0.0631. The Balaban J connectivity index is 2.47. The summed E-state index contributed by atoms with van der Waals surface area (Å²) >= 11 is 0. The summed E-state index contributed by atoms with van der Waals surface area (Å²) in [4.78, 5) is 2.95. The highest BCUT2D eigenvalue weighted by Crippen LogP contribution is 2.17. The zero-order chi connectivity index (χ0) is 12.6. The lowest BCUT2D eigenvalue weighted by molar-refractivity contribution is 0.976. The van der Waals surface area contributed by atoms with Gasteiger partial charge in [-0.1, -0.05) is 18.2 Å². The molecule has 1 atom stereocenters. The van der Waals surface area contributed by atoms with E-state index in [-0.39, 0.29) is 5.72 Å². The van der Waals surface area contributed by atoms with Gasteiger partial charge in [0.05, 0.1) is 0 Å². The molecular weight excluding hydrogens is 148 g/mol. The van der Waals surface area contributed by atoms with Crippen LogP contribution in [0.4, 0.5) is 0 Å². The number of aromatic amines is 1. The number of nitrogens with one attached hydrogen (secondary N) is 1. The van der Waals surface area contributed by atoms with Gasteiger partial charge < -0.3 is 10.7 Å². The number of hydrogen-bond donors (Lipinski definition) is 2. The maximum Gasteiger partial charge on any atom is 0.118 e. The number of rotatable bonds is 3. The quantitative estimate of drug-likeness (QED) is 0.713. The van der Waals surface area contributed by atoms with Gasteiger partial charge in [0.25, 0.3) is 0 Å². The van der Waals surface area contributed by atoms with E-state index in [0.717, 1.165) is 10.9 Å². The second kappa shape index (κ2) is 2.99. The van der Waals surface area contributed by atoms with Crippen molar-refractivity contribution < 1.29 is 6.94 Å². The summed E-state index contributed by atoms with van der Waals surface area (Å²) in [5.74, 6) is 0. The number of aromatic nitrogens is 1. The smallest absolute Gasteiger partial charge is 0.118 e. The van der Waals surface area contributed by atoms with Crippen LogP contribution in [-0.2, 0) is 6.40 Å². The van der Waals surface area contributed by atoms with Crippen LogP contribution in [0.3, 0.4) is 0 Å². The van der Waals surface area contributed by atoms with Crippen LogP contribution in [0.1, 0.15) is 9.68 Å². The van der Waals surface area contributed by atoms with Gasteiger partial charge in [-0.05, 0) is 24.5 Å². The van der Waals surface area contributed by atoms with Crippen LogP contribution in [-0.4, -0.2) is 11.5 Å². The van der Waals surface area contributed by atoms with Gasteiger partial charge in [0, 0.05) is 21.2 Å². The summed E-state index contributed by atoms with van der Waals surface area (Å²) in [5, 5.41) is 0.748. The normalized spacial score (nSPS) is 20.9. The highest BCUT2D eigenvalue weighted by Gasteiger charge is 1.99. The first-order valence-electron chi connectivity index (χ1n) is 6.18. The van der Waals surface area contributed by atoms with Gasteiger partial charge in [-0.25, -0.2) is 0 Å². The van der Waals surface area contributed by atoms with Gasteiger partial charge in [-0.2, -0.15) is 0 Å². The van der Waals surface area contributed by atoms with E-state index in [4.69, 9.17) is 6.94 Å². The molecule has 12 heavy (non-hydrogen) atoms. The Hall–Kier alpha value is -1.28. The zero-order valence-corrected chi connectivity index (χ0v) is 6.41. The molecule has 0 saturated heterocycles. The minimum atomic E-state index is -2.36. The largest absolute Gasteiger partial charge is 0.361 e. The van der Waals surface area contributed by atoms with Gasteiger partial charge in [0.15, 0.2) is 0 Å². The molecule has 0 spiro atoms. The Bertz CT molecular complexity index is 522. The third-order valence-corrected chi connectivity index (χ3v) is 1.84. The molecule has 0 aliphatic rings. The fraction of sp³-hybridized carbons (Fsp3) is 0.200. The van der Waals surface area contributed by atoms with E-state index in [1.54, 1.807) is 18.3 Å². The summed E-state index contributed by atoms with van der Waals surface area (Å²) in [5.41, 5.74) is 1.21. The number of hydrogen-bond acceptors (Lipinski definition) is 1. The summed E-state index contributed by atoms with van der Waals surface area (Å²) in [6.07, 6.45) is 0.248. The van der Waals surface area contributed by atoms with E-state index < -0.39 is 12.9 Å². The molecule has 62 valence electrons. The molecular formula is C10H12N2. The molecule has 2 nitrogen and oxygen atoms in total. The van der Waals surface area contributed by atoms with Crippen LogP contribution in [0.2, 0.25) is 2.82 Å². The summed E-state index contributed by atoms with van der Waals surface area (Å²) in [7, 11) is 0. The molecule has 1 aromatic heterocycles. The van der Waals surface area contributed by atoms with Crippen LogP contribution in [0.5, 0.6) is 0 Å². The lowest BCUT2D eigenvalue weighted by atomic mass is 10.1. The SMILES string of the molecule is [2H]C(c1c[nH]c2ccccc12)C([2H])([2H])N([2H])[2H]. The Morgan fingerprint density at radius 2 is 2.42 bits per heavy atom. The third-order valence-electron chi connectivity index (χ3n) is 1.84. The van der Waals surface area contributed by atoms with Crippen molar-refractivity contribution in [2.24, 2.45) is 5.72 Å². The van der Waals surface area contributed by atoms with Gasteiger partial charge >= 0.3 is 0 Å². The molecule has 1 unspecified atom stereocenters. The van der Waals surface area contributed by atoms with Crippen molar-refractivity contribution in [1.29, 1.82) is 0 Å². The first kappa shape index (κ1) is 3.62. The van der Waals surface area contributed by atoms with Crippen molar-refractivity contribution in [1.82, 2.24) is 4.98 Å². The van der Waals surface area contributed by atoms with Crippen LogP contribution in [0.25, 0.3) is 10.9 Å². The standard InChI is InChI=1S/C10H12N2/c11-6-5-8-7-12-10-4-2-1-3-9(8)10/h1-4,7,12H,5-6,11H2/i5D,6D2/hD2. The van der Waals surface area contributed by atoms with E-state index in [0.29, 0.717) is 5.56 Å². The molecule has 2 heteroatoms. The molecule has 0 radical (unpaired) electrons. The highest BCUT2D eigenvalue weighted by atomic mass is 14.7. The predicted molar refractivity (Wildman–Crippen MR) is 51.1 cm³/mol. The second-order valence-electron chi connectivity index (χ2n) is 2.56. The van der Waals surface area contributed by atoms with Gasteiger partial charge in [0.2, 0.25) is 0 Å². The molecule has 1 aromatic carbocycles. The predicted octanol–water partition coefficient (Wildman–Crippen LogP) is 1.67. The van der Waals surface area contributed by atoms with Crippen LogP contribution < -0.4 is 5.72 Å². The maximum atomic E-state index is 7.87. The molecule has 2 rings (SSSR count). The fourth-order valence-corrected chi connectivity index (χ4v) is 1.28. The van der Waals surface area contributed by atoms with E-state index in [1.165, 1.54) is 0 Å². The first-order chi connectivity index (χ1) is 7.94. The minimum Gasteiger partial charge on any atom is -0.361 e. The molecule has 0 amide bonds. The molecule has 2 aromatic rings. The number of para-hydroxylation sites is 1. The maximum absolute atomic E-state index is 7.87. The Morgan fingerprint density at radius 1 is 1.50 bits per heavy atom. The van der Waals surface area contributed by atoms with E-state index in [1.807, 2.05) is 12.1 Å². The van der Waals surface area contributed by atoms with Crippen molar-refractivity contribution in [3.05, 3.63) is 36.0 Å². The van der Waals surface area contributed by atoms with Crippen LogP contribution in [0.15, 0.2) is 30.5 Å². The average molecular weight is 165 g/mol. The van der Waals surface area contributed by atoms with Crippen molar-refractivity contribution in [2.45, 2.75) is 6.40 Å². The molecule has 0 saturated carbocycles.